The van der Waals surface area contributed by atoms with E-state index in [0.717, 1.165) is 17.4 Å². The maximum absolute atomic E-state index is 12.5. The Hall–Kier alpha value is -1.68. The van der Waals surface area contributed by atoms with Crippen molar-refractivity contribution in [3.8, 4) is 0 Å². The molecule has 1 aliphatic rings. The summed E-state index contributed by atoms with van der Waals surface area (Å²) < 4.78 is 31.3. The third kappa shape index (κ3) is 4.49. The maximum atomic E-state index is 12.5. The second kappa shape index (κ2) is 8.13. The number of amides is 1. The minimum atomic E-state index is -3.66. The van der Waals surface area contributed by atoms with Crippen LogP contribution in [0.25, 0.3) is 11.0 Å². The highest BCUT2D eigenvalue weighted by Gasteiger charge is 2.26. The summed E-state index contributed by atoms with van der Waals surface area (Å²) in [4.78, 5) is 13.9. The molecule has 10 heteroatoms. The first-order chi connectivity index (χ1) is 11.5. The highest BCUT2D eigenvalue weighted by atomic mass is 35.5. The number of halogens is 1. The lowest BCUT2D eigenvalue weighted by molar-refractivity contribution is -0.131. The van der Waals surface area contributed by atoms with Crippen molar-refractivity contribution in [3.05, 3.63) is 30.0 Å². The number of carbonyl (C=O) groups excluding carboxylic acids is 1. The van der Waals surface area contributed by atoms with Gasteiger partial charge >= 0.3 is 0 Å². The minimum absolute atomic E-state index is 0. The van der Waals surface area contributed by atoms with E-state index >= 15 is 0 Å². The van der Waals surface area contributed by atoms with Crippen molar-refractivity contribution < 1.29 is 17.7 Å². The predicted octanol–water partition coefficient (Wildman–Crippen LogP) is 0.443. The molecule has 1 amide bonds. The standard InChI is InChI=1S/C15H20N4O4S.ClH/c1-18(10-15(20)19-8-6-16-7-9-19)24(21,22)11-13-12-4-2-3-5-14(12)23-17-13;/h2-5,16H,6-11H2,1H3;1H. The Morgan fingerprint density at radius 1 is 1.32 bits per heavy atom. The fourth-order valence-corrected chi connectivity index (χ4v) is 3.71. The Labute approximate surface area is 152 Å². The van der Waals surface area contributed by atoms with Crippen LogP contribution in [0.4, 0.5) is 0 Å². The number of benzene rings is 1. The summed E-state index contributed by atoms with van der Waals surface area (Å²) in [6.45, 7) is 2.49. The second-order valence-electron chi connectivity index (χ2n) is 5.77. The lowest BCUT2D eigenvalue weighted by atomic mass is 10.2. The molecular formula is C15H21ClN4O4S. The SMILES string of the molecule is CN(CC(=O)N1CCNCC1)S(=O)(=O)Cc1noc2ccccc12.Cl. The quantitative estimate of drug-likeness (QED) is 0.798. The number of para-hydroxylation sites is 1. The first kappa shape index (κ1) is 19.6. The Balaban J connectivity index is 0.00000225. The zero-order valence-corrected chi connectivity index (χ0v) is 15.5. The number of piperazine rings is 1. The molecule has 25 heavy (non-hydrogen) atoms. The Morgan fingerprint density at radius 2 is 2.00 bits per heavy atom. The minimum Gasteiger partial charge on any atom is -0.356 e. The van der Waals surface area contributed by atoms with E-state index in [2.05, 4.69) is 10.5 Å². The van der Waals surface area contributed by atoms with E-state index in [1.165, 1.54) is 7.05 Å². The number of carbonyl (C=O) groups is 1. The van der Waals surface area contributed by atoms with Crippen molar-refractivity contribution in [2.75, 3.05) is 39.8 Å². The zero-order chi connectivity index (χ0) is 17.2. The first-order valence-corrected chi connectivity index (χ1v) is 9.34. The van der Waals surface area contributed by atoms with Crippen molar-refractivity contribution in [1.29, 1.82) is 0 Å². The molecule has 1 N–H and O–H groups in total. The van der Waals surface area contributed by atoms with Gasteiger partial charge in [-0.1, -0.05) is 17.3 Å². The third-order valence-corrected chi connectivity index (χ3v) is 5.79. The van der Waals surface area contributed by atoms with Crippen LogP contribution in [0.15, 0.2) is 28.8 Å². The van der Waals surface area contributed by atoms with E-state index in [9.17, 15) is 13.2 Å². The number of likely N-dealkylation sites (N-methyl/N-ethyl adjacent to an activating group) is 1. The highest BCUT2D eigenvalue weighted by Crippen LogP contribution is 2.20. The average Bonchev–Trinajstić information content (AvgIpc) is 2.98. The van der Waals surface area contributed by atoms with E-state index in [1.807, 2.05) is 0 Å². The van der Waals surface area contributed by atoms with Gasteiger partial charge in [-0.05, 0) is 12.1 Å². The van der Waals surface area contributed by atoms with Gasteiger partial charge in [0.2, 0.25) is 15.9 Å². The van der Waals surface area contributed by atoms with Gasteiger partial charge in [-0.3, -0.25) is 4.79 Å². The molecule has 8 nitrogen and oxygen atoms in total. The van der Waals surface area contributed by atoms with Gasteiger partial charge in [0.05, 0.1) is 6.54 Å². The zero-order valence-electron chi connectivity index (χ0n) is 13.8. The fraction of sp³-hybridized carbons (Fsp3) is 0.467. The van der Waals surface area contributed by atoms with Gasteiger partial charge < -0.3 is 14.7 Å². The Morgan fingerprint density at radius 3 is 2.72 bits per heavy atom. The van der Waals surface area contributed by atoms with Crippen LogP contribution in [0.1, 0.15) is 5.69 Å². The average molecular weight is 389 g/mol. The van der Waals surface area contributed by atoms with Crippen molar-refractivity contribution in [2.24, 2.45) is 0 Å². The number of nitrogens with one attached hydrogen (secondary N) is 1. The summed E-state index contributed by atoms with van der Waals surface area (Å²) in [5, 5.41) is 7.67. The molecule has 0 saturated carbocycles. The molecule has 2 heterocycles. The molecule has 0 bridgehead atoms. The van der Waals surface area contributed by atoms with E-state index in [-0.39, 0.29) is 30.6 Å². The van der Waals surface area contributed by atoms with Gasteiger partial charge in [0.25, 0.3) is 0 Å². The number of rotatable bonds is 5. The van der Waals surface area contributed by atoms with Gasteiger partial charge in [-0.15, -0.1) is 12.4 Å². The van der Waals surface area contributed by atoms with Gasteiger partial charge in [-0.25, -0.2) is 8.42 Å². The van der Waals surface area contributed by atoms with Crippen molar-refractivity contribution >= 4 is 39.3 Å². The molecule has 0 atom stereocenters. The van der Waals surface area contributed by atoms with Crippen LogP contribution in [0.3, 0.4) is 0 Å². The van der Waals surface area contributed by atoms with Gasteiger partial charge in [-0.2, -0.15) is 4.31 Å². The van der Waals surface area contributed by atoms with Crippen LogP contribution >= 0.6 is 12.4 Å². The topological polar surface area (TPSA) is 95.8 Å². The van der Waals surface area contributed by atoms with Gasteiger partial charge in [0, 0.05) is 38.6 Å². The summed E-state index contributed by atoms with van der Waals surface area (Å²) in [7, 11) is -2.25. The summed E-state index contributed by atoms with van der Waals surface area (Å²) in [5.41, 5.74) is 0.898. The monoisotopic (exact) mass is 388 g/mol. The van der Waals surface area contributed by atoms with E-state index in [4.69, 9.17) is 4.52 Å². The molecule has 1 aliphatic heterocycles. The Kier molecular flexibility index (Phi) is 6.39. The molecule has 3 rings (SSSR count). The van der Waals surface area contributed by atoms with E-state index < -0.39 is 10.0 Å². The molecule has 1 saturated heterocycles. The summed E-state index contributed by atoms with van der Waals surface area (Å²) in [5.74, 6) is -0.484. The van der Waals surface area contributed by atoms with Crippen LogP contribution < -0.4 is 5.32 Å². The largest absolute Gasteiger partial charge is 0.356 e. The van der Waals surface area contributed by atoms with Gasteiger partial charge in [0.15, 0.2) is 5.58 Å². The third-order valence-electron chi connectivity index (χ3n) is 4.07. The predicted molar refractivity (Wildman–Crippen MR) is 96.0 cm³/mol. The lowest BCUT2D eigenvalue weighted by Gasteiger charge is -2.29. The molecule has 2 aromatic rings. The fourth-order valence-electron chi connectivity index (χ4n) is 2.63. The molecule has 0 aliphatic carbocycles. The summed E-state index contributed by atoms with van der Waals surface area (Å²) in [6, 6.07) is 7.09. The molecular weight excluding hydrogens is 368 g/mol. The van der Waals surface area contributed by atoms with Crippen LogP contribution in [-0.2, 0) is 20.6 Å². The number of nitrogens with zero attached hydrogens (tertiary/aromatic N) is 3. The molecule has 0 unspecified atom stereocenters. The number of fused-ring (bicyclic) bond motifs is 1. The van der Waals surface area contributed by atoms with Crippen molar-refractivity contribution in [1.82, 2.24) is 19.7 Å². The molecule has 138 valence electrons. The smallest absolute Gasteiger partial charge is 0.237 e. The van der Waals surface area contributed by atoms with E-state index in [0.29, 0.717) is 29.8 Å². The lowest BCUT2D eigenvalue weighted by Crippen LogP contribution is -2.49. The van der Waals surface area contributed by atoms with Crippen LogP contribution in [0.5, 0.6) is 0 Å². The highest BCUT2D eigenvalue weighted by molar-refractivity contribution is 7.88. The van der Waals surface area contributed by atoms with Crippen LogP contribution in [0.2, 0.25) is 0 Å². The maximum Gasteiger partial charge on any atom is 0.237 e. The number of hydrogen-bond donors (Lipinski definition) is 1. The number of aromatic nitrogens is 1. The van der Waals surface area contributed by atoms with E-state index in [1.54, 1.807) is 29.2 Å². The summed E-state index contributed by atoms with van der Waals surface area (Å²) in [6.07, 6.45) is 0. The summed E-state index contributed by atoms with van der Waals surface area (Å²) >= 11 is 0. The molecule has 1 aromatic carbocycles. The van der Waals surface area contributed by atoms with Crippen LogP contribution in [-0.4, -0.2) is 68.5 Å². The molecule has 1 fully saturated rings. The first-order valence-electron chi connectivity index (χ1n) is 7.73. The molecule has 1 aromatic heterocycles. The van der Waals surface area contributed by atoms with Crippen molar-refractivity contribution in [3.63, 3.8) is 0 Å². The number of hydrogen-bond acceptors (Lipinski definition) is 6. The van der Waals surface area contributed by atoms with Crippen LogP contribution in [0, 0.1) is 0 Å². The van der Waals surface area contributed by atoms with Crippen molar-refractivity contribution in [2.45, 2.75) is 5.75 Å². The molecule has 0 spiro atoms. The normalized spacial score (nSPS) is 15.4. The second-order valence-corrected chi connectivity index (χ2v) is 7.84. The Bertz CT molecular complexity index is 833. The number of sulfonamides is 1. The van der Waals surface area contributed by atoms with Gasteiger partial charge in [0.1, 0.15) is 11.4 Å². The molecule has 0 radical (unpaired) electrons.